The molecule has 6 nitrogen and oxygen atoms in total. The Bertz CT molecular complexity index is 870. The molecule has 1 saturated heterocycles. The van der Waals surface area contributed by atoms with Crippen molar-refractivity contribution < 1.29 is 9.18 Å². The third-order valence-electron chi connectivity index (χ3n) is 4.42. The molecule has 1 aromatic heterocycles. The normalized spacial score (nSPS) is 17.2. The van der Waals surface area contributed by atoms with Gasteiger partial charge in [-0.3, -0.25) is 14.2 Å². The van der Waals surface area contributed by atoms with Crippen molar-refractivity contribution in [2.75, 3.05) is 6.54 Å². The molecule has 1 N–H and O–H groups in total. The topological polar surface area (TPSA) is 75.2 Å². The molecule has 3 rings (SSSR count). The van der Waals surface area contributed by atoms with E-state index in [4.69, 9.17) is 0 Å². The second kappa shape index (κ2) is 6.43. The van der Waals surface area contributed by atoms with Crippen molar-refractivity contribution in [2.45, 2.75) is 25.3 Å². The number of halogens is 1. The van der Waals surface area contributed by atoms with Crippen LogP contribution >= 0.6 is 0 Å². The van der Waals surface area contributed by atoms with Gasteiger partial charge in [-0.15, -0.1) is 0 Å². The number of carbonyl (C=O) groups excluding carboxylic acids is 1. The highest BCUT2D eigenvalue weighted by Gasteiger charge is 2.30. The maximum absolute atomic E-state index is 13.1. The van der Waals surface area contributed by atoms with E-state index in [0.29, 0.717) is 6.54 Å². The average Bonchev–Trinajstić information content (AvgIpc) is 3.06. The number of H-pyrrole nitrogens is 1. The number of rotatable bonds is 3. The lowest BCUT2D eigenvalue weighted by Crippen LogP contribution is -2.38. The summed E-state index contributed by atoms with van der Waals surface area (Å²) in [6, 6.07) is 6.03. The van der Waals surface area contributed by atoms with Crippen LogP contribution in [0.25, 0.3) is 0 Å². The van der Waals surface area contributed by atoms with Crippen LogP contribution in [0.1, 0.15) is 30.0 Å². The monoisotopic (exact) mass is 331 g/mol. The zero-order valence-corrected chi connectivity index (χ0v) is 13.3. The predicted molar refractivity (Wildman–Crippen MR) is 86.1 cm³/mol. The molecule has 1 atom stereocenters. The predicted octanol–water partition coefficient (Wildman–Crippen LogP) is 1.12. The van der Waals surface area contributed by atoms with E-state index in [0.717, 1.165) is 23.0 Å². The number of aromatic amines is 1. The molecule has 2 aromatic rings. The number of hydrogen-bond acceptors (Lipinski definition) is 3. The van der Waals surface area contributed by atoms with Crippen LogP contribution in [-0.2, 0) is 18.3 Å². The van der Waals surface area contributed by atoms with Crippen LogP contribution in [0.4, 0.5) is 4.39 Å². The Morgan fingerprint density at radius 1 is 1.29 bits per heavy atom. The van der Waals surface area contributed by atoms with Gasteiger partial charge in [0.05, 0.1) is 12.5 Å². The standard InChI is InChI=1S/C17H18FN3O3/c1-20-16(23)12(10-19-17(20)24)9-15(22)21-8-2-3-14(21)11-4-6-13(18)7-5-11/h4-7,10,14H,2-3,8-9H2,1H3,(H,19,24). The van der Waals surface area contributed by atoms with Gasteiger partial charge in [-0.2, -0.15) is 0 Å². The molecule has 0 aliphatic carbocycles. The molecule has 0 radical (unpaired) electrons. The molecule has 1 amide bonds. The Labute approximate surface area is 137 Å². The van der Waals surface area contributed by atoms with Crippen LogP contribution in [0.2, 0.25) is 0 Å². The molecule has 2 heterocycles. The van der Waals surface area contributed by atoms with Crippen molar-refractivity contribution in [1.29, 1.82) is 0 Å². The summed E-state index contributed by atoms with van der Waals surface area (Å²) in [5, 5.41) is 0. The second-order valence-electron chi connectivity index (χ2n) is 5.96. The number of benzene rings is 1. The van der Waals surface area contributed by atoms with E-state index in [2.05, 4.69) is 4.98 Å². The van der Waals surface area contributed by atoms with Gasteiger partial charge in [-0.1, -0.05) is 12.1 Å². The molecular formula is C17H18FN3O3. The molecule has 1 aliphatic heterocycles. The molecule has 24 heavy (non-hydrogen) atoms. The lowest BCUT2D eigenvalue weighted by atomic mass is 10.0. The van der Waals surface area contributed by atoms with E-state index in [9.17, 15) is 18.8 Å². The minimum absolute atomic E-state index is 0.0683. The number of nitrogens with one attached hydrogen (secondary N) is 1. The van der Waals surface area contributed by atoms with Crippen LogP contribution in [0, 0.1) is 5.82 Å². The van der Waals surface area contributed by atoms with E-state index in [1.165, 1.54) is 25.4 Å². The zero-order chi connectivity index (χ0) is 17.3. The van der Waals surface area contributed by atoms with Crippen LogP contribution < -0.4 is 11.2 Å². The Hall–Kier alpha value is -2.70. The molecular weight excluding hydrogens is 313 g/mol. The highest BCUT2D eigenvalue weighted by molar-refractivity contribution is 5.79. The Kier molecular flexibility index (Phi) is 4.33. The van der Waals surface area contributed by atoms with Crippen LogP contribution in [-0.4, -0.2) is 26.9 Å². The fourth-order valence-corrected chi connectivity index (χ4v) is 3.10. The van der Waals surface area contributed by atoms with Crippen molar-refractivity contribution >= 4 is 5.91 Å². The van der Waals surface area contributed by atoms with Crippen LogP contribution in [0.15, 0.2) is 40.1 Å². The number of aromatic nitrogens is 2. The van der Waals surface area contributed by atoms with Crippen molar-refractivity contribution in [3.05, 3.63) is 68.2 Å². The quantitative estimate of drug-likeness (QED) is 0.916. The largest absolute Gasteiger partial charge is 0.335 e. The van der Waals surface area contributed by atoms with Gasteiger partial charge in [-0.25, -0.2) is 9.18 Å². The van der Waals surface area contributed by atoms with Gasteiger partial charge < -0.3 is 9.88 Å². The summed E-state index contributed by atoms with van der Waals surface area (Å²) in [5.41, 5.74) is 0.162. The van der Waals surface area contributed by atoms with Gasteiger partial charge in [-0.05, 0) is 30.5 Å². The van der Waals surface area contributed by atoms with Gasteiger partial charge >= 0.3 is 5.69 Å². The molecule has 0 saturated carbocycles. The highest BCUT2D eigenvalue weighted by atomic mass is 19.1. The number of amides is 1. The fraction of sp³-hybridized carbons (Fsp3) is 0.353. The minimum atomic E-state index is -0.512. The molecule has 126 valence electrons. The van der Waals surface area contributed by atoms with Crippen molar-refractivity contribution in [1.82, 2.24) is 14.5 Å². The van der Waals surface area contributed by atoms with E-state index in [1.54, 1.807) is 17.0 Å². The van der Waals surface area contributed by atoms with Gasteiger partial charge in [0.1, 0.15) is 5.82 Å². The van der Waals surface area contributed by atoms with Gasteiger partial charge in [0, 0.05) is 25.4 Å². The SMILES string of the molecule is Cn1c(=O)[nH]cc(CC(=O)N2CCCC2c2ccc(F)cc2)c1=O. The summed E-state index contributed by atoms with van der Waals surface area (Å²) in [5.74, 6) is -0.489. The minimum Gasteiger partial charge on any atom is -0.335 e. The molecule has 0 bridgehead atoms. The van der Waals surface area contributed by atoms with Gasteiger partial charge in [0.15, 0.2) is 0 Å². The molecule has 1 aromatic carbocycles. The maximum atomic E-state index is 13.1. The summed E-state index contributed by atoms with van der Waals surface area (Å²) in [4.78, 5) is 40.2. The van der Waals surface area contributed by atoms with Crippen molar-refractivity contribution in [2.24, 2.45) is 7.05 Å². The van der Waals surface area contributed by atoms with Crippen LogP contribution in [0.5, 0.6) is 0 Å². The van der Waals surface area contributed by atoms with E-state index < -0.39 is 11.2 Å². The Balaban J connectivity index is 1.81. The van der Waals surface area contributed by atoms with Crippen molar-refractivity contribution in [3.8, 4) is 0 Å². The Morgan fingerprint density at radius 2 is 2.00 bits per heavy atom. The highest BCUT2D eigenvalue weighted by Crippen LogP contribution is 2.32. The lowest BCUT2D eigenvalue weighted by Gasteiger charge is -2.25. The number of likely N-dealkylation sites (tertiary alicyclic amines) is 1. The molecule has 0 spiro atoms. The summed E-state index contributed by atoms with van der Waals surface area (Å²) in [6.45, 7) is 0.602. The Morgan fingerprint density at radius 3 is 2.71 bits per heavy atom. The first-order valence-electron chi connectivity index (χ1n) is 7.80. The lowest BCUT2D eigenvalue weighted by molar-refractivity contribution is -0.131. The molecule has 1 unspecified atom stereocenters. The summed E-state index contributed by atoms with van der Waals surface area (Å²) in [7, 11) is 1.37. The average molecular weight is 331 g/mol. The van der Waals surface area contributed by atoms with Gasteiger partial charge in [0.2, 0.25) is 5.91 Å². The maximum Gasteiger partial charge on any atom is 0.328 e. The number of carbonyl (C=O) groups is 1. The fourth-order valence-electron chi connectivity index (χ4n) is 3.10. The third kappa shape index (κ3) is 3.02. The summed E-state index contributed by atoms with van der Waals surface area (Å²) >= 11 is 0. The molecule has 1 fully saturated rings. The summed E-state index contributed by atoms with van der Waals surface area (Å²) in [6.07, 6.45) is 2.89. The number of nitrogens with zero attached hydrogens (tertiary/aromatic N) is 2. The first kappa shape index (κ1) is 16.2. The zero-order valence-electron chi connectivity index (χ0n) is 13.3. The first-order valence-corrected chi connectivity index (χ1v) is 7.80. The number of hydrogen-bond donors (Lipinski definition) is 1. The third-order valence-corrected chi connectivity index (χ3v) is 4.42. The van der Waals surface area contributed by atoms with Crippen LogP contribution in [0.3, 0.4) is 0 Å². The first-order chi connectivity index (χ1) is 11.5. The van der Waals surface area contributed by atoms with Gasteiger partial charge in [0.25, 0.3) is 5.56 Å². The van der Waals surface area contributed by atoms with Crippen molar-refractivity contribution in [3.63, 3.8) is 0 Å². The smallest absolute Gasteiger partial charge is 0.328 e. The molecule has 1 aliphatic rings. The molecule has 7 heteroatoms. The summed E-state index contributed by atoms with van der Waals surface area (Å²) < 4.78 is 14.0. The second-order valence-corrected chi connectivity index (χ2v) is 5.96. The van der Waals surface area contributed by atoms with E-state index in [-0.39, 0.29) is 29.8 Å². The van der Waals surface area contributed by atoms with E-state index >= 15 is 0 Å². The van der Waals surface area contributed by atoms with E-state index in [1.807, 2.05) is 0 Å².